The van der Waals surface area contributed by atoms with Gasteiger partial charge in [0.2, 0.25) is 5.79 Å². The zero-order valence-electron chi connectivity index (χ0n) is 21.0. The molecule has 4 bridgehead atoms. The van der Waals surface area contributed by atoms with E-state index in [-0.39, 0.29) is 37.0 Å². The van der Waals surface area contributed by atoms with Crippen molar-refractivity contribution in [1.29, 1.82) is 0 Å². The molecule has 5 fully saturated rings. The maximum Gasteiger partial charge on any atom is 0.342 e. The summed E-state index contributed by atoms with van der Waals surface area (Å²) in [5.74, 6) is -7.72. The van der Waals surface area contributed by atoms with Gasteiger partial charge in [0, 0.05) is 16.9 Å². The van der Waals surface area contributed by atoms with Crippen LogP contribution in [0.4, 0.5) is 0 Å². The molecule has 0 unspecified atom stereocenters. The predicted octanol–water partition coefficient (Wildman–Crippen LogP) is 1.46. The lowest BCUT2D eigenvalue weighted by Crippen LogP contribution is -2.77. The van der Waals surface area contributed by atoms with Crippen molar-refractivity contribution in [3.05, 3.63) is 36.0 Å². The summed E-state index contributed by atoms with van der Waals surface area (Å²) in [5.41, 5.74) is -7.44. The number of ether oxygens (including phenoxy) is 3. The summed E-state index contributed by atoms with van der Waals surface area (Å²) in [6, 6.07) is 0. The second-order valence-corrected chi connectivity index (χ2v) is 12.6. The Morgan fingerprint density at radius 3 is 2.54 bits per heavy atom. The van der Waals surface area contributed by atoms with Crippen molar-refractivity contribution in [2.24, 2.45) is 28.6 Å². The molecule has 4 saturated heterocycles. The summed E-state index contributed by atoms with van der Waals surface area (Å²) in [6.45, 7) is 8.91. The lowest BCUT2D eigenvalue weighted by molar-refractivity contribution is -0.339. The first-order valence-corrected chi connectivity index (χ1v) is 13.0. The quantitative estimate of drug-likeness (QED) is 0.282. The Hall–Kier alpha value is -2.62. The number of allylic oxidation sites excluding steroid dienone is 4. The zero-order valence-corrected chi connectivity index (χ0v) is 21.0. The summed E-state index contributed by atoms with van der Waals surface area (Å²) in [5, 5.41) is 24.6. The van der Waals surface area contributed by atoms with E-state index in [0.717, 1.165) is 5.57 Å². The van der Waals surface area contributed by atoms with Gasteiger partial charge in [0.25, 0.3) is 0 Å². The summed E-state index contributed by atoms with van der Waals surface area (Å²) in [4.78, 5) is 54.3. The monoisotopic (exact) mass is 510 g/mol. The van der Waals surface area contributed by atoms with Crippen molar-refractivity contribution in [3.8, 4) is 0 Å². The van der Waals surface area contributed by atoms with Crippen LogP contribution >= 0.6 is 0 Å². The van der Waals surface area contributed by atoms with E-state index in [4.69, 9.17) is 14.2 Å². The minimum absolute atomic E-state index is 0.0271. The average molecular weight is 511 g/mol. The average Bonchev–Trinajstić information content (AvgIpc) is 3.19. The van der Waals surface area contributed by atoms with Crippen LogP contribution in [-0.2, 0) is 33.4 Å². The minimum atomic E-state index is -2.44. The van der Waals surface area contributed by atoms with Crippen molar-refractivity contribution >= 4 is 23.5 Å². The number of rotatable bonds is 0. The largest absolute Gasteiger partial charge is 0.455 e. The molecule has 9 heteroatoms. The van der Waals surface area contributed by atoms with Crippen LogP contribution in [0.5, 0.6) is 0 Å². The Morgan fingerprint density at radius 2 is 1.81 bits per heavy atom. The van der Waals surface area contributed by atoms with Gasteiger partial charge < -0.3 is 24.4 Å². The summed E-state index contributed by atoms with van der Waals surface area (Å²) in [7, 11) is 0. The fourth-order valence-corrected chi connectivity index (χ4v) is 9.22. The van der Waals surface area contributed by atoms with Gasteiger partial charge in [-0.15, -0.1) is 0 Å². The van der Waals surface area contributed by atoms with Crippen LogP contribution in [0.1, 0.15) is 52.9 Å². The highest BCUT2D eigenvalue weighted by Crippen LogP contribution is 2.73. The number of Topliss-reactive ketones (excluding diaryl/α,β-unsaturated/α-hetero) is 1. The number of aliphatic hydroxyl groups is 2. The summed E-state index contributed by atoms with van der Waals surface area (Å²) in [6.07, 6.45) is 5.20. The number of esters is 2. The molecule has 1 spiro atoms. The van der Waals surface area contributed by atoms with Crippen LogP contribution in [0.2, 0.25) is 0 Å². The first-order chi connectivity index (χ1) is 17.2. The van der Waals surface area contributed by atoms with Crippen molar-refractivity contribution < 1.29 is 43.6 Å². The third kappa shape index (κ3) is 2.12. The zero-order chi connectivity index (χ0) is 26.6. The van der Waals surface area contributed by atoms with Gasteiger partial charge in [0.15, 0.2) is 28.4 Å². The number of hydrogen-bond acceptors (Lipinski definition) is 9. The molecule has 3 aliphatic carbocycles. The molecule has 0 radical (unpaired) electrons. The smallest absolute Gasteiger partial charge is 0.342 e. The molecular weight excluding hydrogens is 480 g/mol. The third-order valence-corrected chi connectivity index (χ3v) is 11.3. The highest BCUT2D eigenvalue weighted by Gasteiger charge is 2.91. The lowest BCUT2D eigenvalue weighted by Gasteiger charge is -2.60. The van der Waals surface area contributed by atoms with Gasteiger partial charge in [-0.2, -0.15) is 0 Å². The second kappa shape index (κ2) is 6.33. The van der Waals surface area contributed by atoms with Gasteiger partial charge in [-0.1, -0.05) is 31.2 Å². The normalized spacial score (nSPS) is 55.4. The molecule has 4 aliphatic heterocycles. The molecule has 9 nitrogen and oxygen atoms in total. The van der Waals surface area contributed by atoms with Gasteiger partial charge in [-0.05, 0) is 57.9 Å². The van der Waals surface area contributed by atoms with Crippen molar-refractivity contribution in [3.63, 3.8) is 0 Å². The van der Waals surface area contributed by atoms with E-state index < -0.39 is 75.0 Å². The van der Waals surface area contributed by atoms with E-state index in [1.807, 2.05) is 6.08 Å². The SMILES string of the molecule is C=C1C(=O)O[C@@H]2C[C@@]1(C)[C@@H]1C(=O)[C@]3(O)O[C@]14[C@@]2(C)OC(=O)[C@@]4(O)CC[C@H]1[C@H]3CC=C2CC=CC(=O)[C@@]21C. The van der Waals surface area contributed by atoms with Crippen LogP contribution in [0.15, 0.2) is 36.0 Å². The highest BCUT2D eigenvalue weighted by molar-refractivity contribution is 6.02. The Balaban J connectivity index is 1.50. The first kappa shape index (κ1) is 23.5. The van der Waals surface area contributed by atoms with Crippen LogP contribution < -0.4 is 0 Å². The standard InChI is InChI=1S/C28H30O9/c1-13-21(31)35-18-12-23(13,2)19-20(30)27(34)16-9-8-14-6-5-7-17(29)24(14,3)15(16)10-11-26(33)22(32)36-25(18,4)28(19,26)37-27/h5,7-8,15-16,18-19,33-34H,1,6,9-12H2,2-4H3/t15-,16+,18+,19-,23+,24-,25-,26-,27+,28-/m0/s1. The molecule has 1 saturated carbocycles. The fraction of sp³-hybridized carbons (Fsp3) is 0.643. The number of carbonyl (C=O) groups excluding carboxylic acids is 4. The van der Waals surface area contributed by atoms with Gasteiger partial charge in [0.05, 0.1) is 11.3 Å². The Bertz CT molecular complexity index is 1310. The highest BCUT2D eigenvalue weighted by atomic mass is 16.7. The number of ketones is 2. The third-order valence-electron chi connectivity index (χ3n) is 11.3. The van der Waals surface area contributed by atoms with Gasteiger partial charge in [-0.3, -0.25) is 9.59 Å². The minimum Gasteiger partial charge on any atom is -0.455 e. The van der Waals surface area contributed by atoms with E-state index in [1.54, 1.807) is 19.9 Å². The molecule has 0 aromatic rings. The van der Waals surface area contributed by atoms with Crippen molar-refractivity contribution in [1.82, 2.24) is 0 Å². The van der Waals surface area contributed by atoms with Crippen LogP contribution in [0.3, 0.4) is 0 Å². The fourth-order valence-electron chi connectivity index (χ4n) is 9.22. The molecule has 0 amide bonds. The molecule has 7 aliphatic rings. The Morgan fingerprint density at radius 1 is 1.08 bits per heavy atom. The lowest BCUT2D eigenvalue weighted by atomic mass is 9.47. The van der Waals surface area contributed by atoms with Crippen LogP contribution in [-0.4, -0.2) is 62.4 Å². The Kier molecular flexibility index (Phi) is 4.02. The van der Waals surface area contributed by atoms with E-state index in [0.29, 0.717) is 6.42 Å². The molecule has 7 rings (SSSR count). The summed E-state index contributed by atoms with van der Waals surface area (Å²) >= 11 is 0. The topological polar surface area (TPSA) is 136 Å². The summed E-state index contributed by atoms with van der Waals surface area (Å²) < 4.78 is 18.0. The van der Waals surface area contributed by atoms with E-state index in [9.17, 15) is 29.4 Å². The van der Waals surface area contributed by atoms with E-state index in [1.165, 1.54) is 13.0 Å². The van der Waals surface area contributed by atoms with E-state index in [2.05, 4.69) is 6.58 Å². The molecule has 4 heterocycles. The van der Waals surface area contributed by atoms with E-state index >= 15 is 0 Å². The molecular formula is C28H30O9. The predicted molar refractivity (Wildman–Crippen MR) is 124 cm³/mol. The van der Waals surface area contributed by atoms with Crippen LogP contribution in [0.25, 0.3) is 0 Å². The molecule has 2 N–H and O–H groups in total. The number of carbonyl (C=O) groups is 4. The molecule has 10 atom stereocenters. The van der Waals surface area contributed by atoms with Crippen molar-refractivity contribution in [2.45, 2.75) is 81.6 Å². The molecule has 196 valence electrons. The Labute approximate surface area is 213 Å². The maximum absolute atomic E-state index is 14.5. The second-order valence-electron chi connectivity index (χ2n) is 12.6. The molecule has 0 aromatic carbocycles. The van der Waals surface area contributed by atoms with Gasteiger partial charge in [0.1, 0.15) is 6.10 Å². The van der Waals surface area contributed by atoms with Crippen LogP contribution in [0, 0.1) is 28.6 Å². The maximum atomic E-state index is 14.5. The molecule has 0 aromatic heterocycles. The number of hydrogen-bond donors (Lipinski definition) is 2. The van der Waals surface area contributed by atoms with Gasteiger partial charge in [-0.25, -0.2) is 9.59 Å². The number of fused-ring (bicyclic) bond motifs is 9. The van der Waals surface area contributed by atoms with Gasteiger partial charge >= 0.3 is 11.9 Å². The molecule has 37 heavy (non-hydrogen) atoms. The van der Waals surface area contributed by atoms with Crippen molar-refractivity contribution in [2.75, 3.05) is 0 Å². The first-order valence-electron chi connectivity index (χ1n) is 13.0.